The van der Waals surface area contributed by atoms with Crippen molar-refractivity contribution in [3.05, 3.63) is 40.4 Å². The predicted octanol–water partition coefficient (Wildman–Crippen LogP) is -0.320. The van der Waals surface area contributed by atoms with E-state index in [0.29, 0.717) is 42.1 Å². The highest BCUT2D eigenvalue weighted by molar-refractivity contribution is 7.80. The molecule has 21 heteroatoms. The number of aliphatic carboxylic acids is 1. The molecule has 2 fully saturated rings. The molecule has 1 aromatic heterocycles. The van der Waals surface area contributed by atoms with Crippen LogP contribution in [0, 0.1) is 5.41 Å². The van der Waals surface area contributed by atoms with Gasteiger partial charge in [0.1, 0.15) is 23.3 Å². The first-order valence-electron chi connectivity index (χ1n) is 15.4. The Hall–Kier alpha value is -4.41. The molecule has 10 N–H and O–H groups in total. The lowest BCUT2D eigenvalue weighted by Crippen LogP contribution is -2.76. The number of nitrogens with zero attached hydrogens (tertiary/aromatic N) is 3. The minimum Gasteiger partial charge on any atom is -0.485 e. The molecule has 19 nitrogen and oxygen atoms in total. The van der Waals surface area contributed by atoms with Gasteiger partial charge in [0, 0.05) is 23.5 Å². The number of nitrogens with two attached hydrogens (primary N) is 2. The highest BCUT2D eigenvalue weighted by atomic mass is 32.3. The maximum absolute atomic E-state index is 13.5. The number of thiazole rings is 1. The van der Waals surface area contributed by atoms with Gasteiger partial charge in [-0.25, -0.2) is 9.78 Å². The minimum atomic E-state index is -5.04. The number of hydrogen-bond acceptors (Lipinski definition) is 15. The van der Waals surface area contributed by atoms with Crippen LogP contribution in [-0.4, -0.2) is 104 Å². The number of fused-ring (bicyclic) bond motifs is 1. The van der Waals surface area contributed by atoms with Gasteiger partial charge >= 0.3 is 16.4 Å². The molecule has 1 aliphatic carbocycles. The average Bonchev–Trinajstić information content (AvgIpc) is 3.33. The Morgan fingerprint density at radius 2 is 2.00 bits per heavy atom. The number of nitrogens with one attached hydrogen (secondary N) is 3. The van der Waals surface area contributed by atoms with Crippen LogP contribution in [0.15, 0.2) is 28.7 Å². The summed E-state index contributed by atoms with van der Waals surface area (Å²) in [6, 6.07) is 3.62. The van der Waals surface area contributed by atoms with Crippen LogP contribution < -0.4 is 26.8 Å². The molecule has 3 atom stereocenters. The van der Waals surface area contributed by atoms with E-state index in [9.17, 15) is 33.0 Å². The van der Waals surface area contributed by atoms with Gasteiger partial charge in [0.15, 0.2) is 16.9 Å². The summed E-state index contributed by atoms with van der Waals surface area (Å²) in [5, 5.41) is 40.2. The lowest BCUT2D eigenvalue weighted by molar-refractivity contribution is -0.218. The van der Waals surface area contributed by atoms with Crippen LogP contribution in [0.1, 0.15) is 63.3 Å². The zero-order valence-electron chi connectivity index (χ0n) is 27.2. The summed E-state index contributed by atoms with van der Waals surface area (Å²) in [5.41, 5.74) is 7.50. The molecule has 0 spiro atoms. The molecule has 2 aromatic rings. The largest absolute Gasteiger partial charge is 0.485 e. The molecule has 272 valence electrons. The SMILES string of the molecule is CC1(C)[C@H](NC(=O)/C(=N\O[C@](C)(C(=O)O)[C@H]2CCCc3cc(C(=N)N[C@H]4C[C@@](O)(CN)C4)ccc3O2)c2csc(N)n2)C(=O)N1OS(=O)(=O)O. The second-order valence-electron chi connectivity index (χ2n) is 13.1. The molecule has 0 unspecified atom stereocenters. The fraction of sp³-hybridized carbons (Fsp3) is 0.517. The Morgan fingerprint density at radius 3 is 2.58 bits per heavy atom. The van der Waals surface area contributed by atoms with E-state index in [-0.39, 0.29) is 35.7 Å². The summed E-state index contributed by atoms with van der Waals surface area (Å²) in [6.07, 6.45) is 0.924. The third-order valence-electron chi connectivity index (χ3n) is 8.98. The van der Waals surface area contributed by atoms with Crippen molar-refractivity contribution in [1.29, 1.82) is 5.41 Å². The second kappa shape index (κ2) is 13.4. The van der Waals surface area contributed by atoms with Gasteiger partial charge in [-0.2, -0.15) is 13.5 Å². The highest BCUT2D eigenvalue weighted by Gasteiger charge is 2.58. The van der Waals surface area contributed by atoms with E-state index in [1.54, 1.807) is 18.2 Å². The number of aromatic nitrogens is 1. The van der Waals surface area contributed by atoms with E-state index in [2.05, 4.69) is 25.1 Å². The Labute approximate surface area is 290 Å². The summed E-state index contributed by atoms with van der Waals surface area (Å²) in [7, 11) is -5.04. The van der Waals surface area contributed by atoms with E-state index in [0.717, 1.165) is 16.9 Å². The quantitative estimate of drug-likeness (QED) is 0.0455. The summed E-state index contributed by atoms with van der Waals surface area (Å²) in [4.78, 5) is 48.5. The van der Waals surface area contributed by atoms with E-state index < -0.39 is 62.8 Å². The molecule has 3 heterocycles. The van der Waals surface area contributed by atoms with Gasteiger partial charge in [0.25, 0.3) is 17.4 Å². The molecule has 0 bridgehead atoms. The molecule has 50 heavy (non-hydrogen) atoms. The Balaban J connectivity index is 1.34. The van der Waals surface area contributed by atoms with Crippen LogP contribution in [-0.2, 0) is 40.3 Å². The fourth-order valence-electron chi connectivity index (χ4n) is 5.93. The fourth-order valence-corrected chi connectivity index (χ4v) is 6.93. The summed E-state index contributed by atoms with van der Waals surface area (Å²) in [6.45, 7) is 4.10. The zero-order chi connectivity index (χ0) is 36.8. The van der Waals surface area contributed by atoms with E-state index in [1.807, 2.05) is 0 Å². The lowest BCUT2D eigenvalue weighted by Gasteiger charge is -2.50. The van der Waals surface area contributed by atoms with Crippen molar-refractivity contribution in [3.8, 4) is 5.75 Å². The zero-order valence-corrected chi connectivity index (χ0v) is 28.8. The number of hydrogen-bond donors (Lipinski definition) is 8. The number of carboxylic acids is 1. The van der Waals surface area contributed by atoms with E-state index in [1.165, 1.54) is 26.2 Å². The number of oxime groups is 1. The topological polar surface area (TPSA) is 302 Å². The molecule has 1 saturated heterocycles. The average molecular weight is 739 g/mol. The number of anilines is 1. The number of amidine groups is 1. The summed E-state index contributed by atoms with van der Waals surface area (Å²) in [5.74, 6) is -2.97. The number of amides is 2. The summed E-state index contributed by atoms with van der Waals surface area (Å²) < 4.78 is 41.9. The molecule has 5 rings (SSSR count). The number of rotatable bonds is 12. The maximum Gasteiger partial charge on any atom is 0.418 e. The van der Waals surface area contributed by atoms with Crippen molar-refractivity contribution >= 4 is 56.2 Å². The number of carbonyl (C=O) groups excluding carboxylic acids is 2. The smallest absolute Gasteiger partial charge is 0.418 e. The number of β-lactam (4-membered cyclic amide) rings is 1. The molecule has 2 aliphatic heterocycles. The third-order valence-corrected chi connectivity index (χ3v) is 9.99. The van der Waals surface area contributed by atoms with Crippen LogP contribution in [0.5, 0.6) is 5.75 Å². The van der Waals surface area contributed by atoms with Gasteiger partial charge in [-0.3, -0.25) is 19.6 Å². The molecule has 3 aliphatic rings. The van der Waals surface area contributed by atoms with Gasteiger partial charge in [-0.1, -0.05) is 5.16 Å². The number of aryl methyl sites for hydroxylation is 1. The van der Waals surface area contributed by atoms with Crippen LogP contribution in [0.2, 0.25) is 0 Å². The van der Waals surface area contributed by atoms with Crippen LogP contribution in [0.4, 0.5) is 5.13 Å². The predicted molar refractivity (Wildman–Crippen MR) is 176 cm³/mol. The third kappa shape index (κ3) is 7.37. The van der Waals surface area contributed by atoms with Crippen molar-refractivity contribution < 1.29 is 51.4 Å². The van der Waals surface area contributed by atoms with Gasteiger partial charge in [0.05, 0.1) is 11.1 Å². The number of hydroxylamine groups is 2. The van der Waals surface area contributed by atoms with Crippen LogP contribution in [0.3, 0.4) is 0 Å². The van der Waals surface area contributed by atoms with Crippen molar-refractivity contribution in [2.75, 3.05) is 12.3 Å². The van der Waals surface area contributed by atoms with Gasteiger partial charge in [-0.05, 0) is 76.6 Å². The Morgan fingerprint density at radius 1 is 1.30 bits per heavy atom. The molecular formula is C29H38N8O11S2. The molecular weight excluding hydrogens is 700 g/mol. The van der Waals surface area contributed by atoms with Crippen LogP contribution >= 0.6 is 11.3 Å². The van der Waals surface area contributed by atoms with Gasteiger partial charge in [0.2, 0.25) is 0 Å². The molecule has 0 radical (unpaired) electrons. The van der Waals surface area contributed by atoms with Gasteiger partial charge < -0.3 is 41.9 Å². The monoisotopic (exact) mass is 738 g/mol. The normalized spacial score (nSPS) is 25.8. The first-order chi connectivity index (χ1) is 23.3. The Kier molecular flexibility index (Phi) is 9.86. The first kappa shape index (κ1) is 36.9. The van der Waals surface area contributed by atoms with Gasteiger partial charge in [-0.15, -0.1) is 15.6 Å². The molecule has 1 aromatic carbocycles. The number of benzene rings is 1. The molecule has 2 amide bonds. The van der Waals surface area contributed by atoms with Crippen molar-refractivity contribution in [2.45, 2.75) is 87.8 Å². The second-order valence-corrected chi connectivity index (χ2v) is 15.0. The number of ether oxygens (including phenoxy) is 1. The number of carbonyl (C=O) groups is 3. The highest BCUT2D eigenvalue weighted by Crippen LogP contribution is 2.36. The van der Waals surface area contributed by atoms with E-state index >= 15 is 0 Å². The van der Waals surface area contributed by atoms with Crippen molar-refractivity contribution in [2.24, 2.45) is 10.9 Å². The number of nitrogen functional groups attached to an aromatic ring is 1. The lowest BCUT2D eigenvalue weighted by atomic mass is 9.75. The Bertz CT molecular complexity index is 1840. The number of aliphatic hydroxyl groups is 1. The van der Waals surface area contributed by atoms with Crippen molar-refractivity contribution in [3.63, 3.8) is 0 Å². The summed E-state index contributed by atoms with van der Waals surface area (Å²) >= 11 is 0.954. The standard InChI is InChI=1S/C29H38N8O11S2/c1-27(2)21(24(39)37(27)48-50(43,44)45)35-23(38)20(17-12-49-26(32)34-17)36-47-28(3,25(40)41)19-6-4-5-14-9-15(7-8-18(14)46-19)22(31)33-16-10-29(42,11-16)13-30/h7-9,12,16,19,21,42H,4-6,10-11,13,30H2,1-3H3,(H2,31,33)(H2,32,34)(H,35,38)(H,40,41)(H,43,44,45)/b36-20-/t16-,19-,21-,28+,29-/m1/s1. The van der Waals surface area contributed by atoms with Crippen molar-refractivity contribution in [1.82, 2.24) is 20.7 Å². The van der Waals surface area contributed by atoms with E-state index in [4.69, 9.17) is 31.0 Å². The van der Waals surface area contributed by atoms with Crippen LogP contribution in [0.25, 0.3) is 0 Å². The first-order valence-corrected chi connectivity index (χ1v) is 17.6. The molecule has 1 saturated carbocycles. The minimum absolute atomic E-state index is 0.0467. The maximum atomic E-state index is 13.5. The number of carboxylic acid groups (broad SMARTS) is 1.